The van der Waals surface area contributed by atoms with Gasteiger partial charge in [0.1, 0.15) is 5.75 Å². The highest BCUT2D eigenvalue weighted by atomic mass is 79.9. The predicted molar refractivity (Wildman–Crippen MR) is 75.1 cm³/mol. The molecule has 0 aliphatic heterocycles. The number of benzene rings is 1. The van der Waals surface area contributed by atoms with Gasteiger partial charge in [-0.3, -0.25) is 9.48 Å². The molecule has 5 nitrogen and oxygen atoms in total. The van der Waals surface area contributed by atoms with Gasteiger partial charge in [-0.25, -0.2) is 0 Å². The summed E-state index contributed by atoms with van der Waals surface area (Å²) in [6, 6.07) is 7.15. The van der Waals surface area contributed by atoms with Crippen molar-refractivity contribution in [1.82, 2.24) is 15.1 Å². The molecule has 2 rings (SSSR count). The van der Waals surface area contributed by atoms with Gasteiger partial charge in [0.25, 0.3) is 5.91 Å². The van der Waals surface area contributed by atoms with Crippen molar-refractivity contribution in [3.05, 3.63) is 46.2 Å². The highest BCUT2D eigenvalue weighted by Gasteiger charge is 2.12. The molecule has 1 aromatic heterocycles. The molecule has 0 spiro atoms. The lowest BCUT2D eigenvalue weighted by Gasteiger charge is -2.09. The lowest BCUT2D eigenvalue weighted by molar-refractivity contribution is 0.0947. The molecule has 2 aromatic rings. The molecular weight excluding hydrogens is 310 g/mol. The summed E-state index contributed by atoms with van der Waals surface area (Å²) in [5.41, 5.74) is 1.44. The van der Waals surface area contributed by atoms with Crippen LogP contribution >= 0.6 is 15.9 Å². The Kier molecular flexibility index (Phi) is 4.21. The van der Waals surface area contributed by atoms with Crippen LogP contribution in [0, 0.1) is 0 Å². The van der Waals surface area contributed by atoms with Crippen molar-refractivity contribution in [2.75, 3.05) is 7.11 Å². The zero-order chi connectivity index (χ0) is 13.8. The van der Waals surface area contributed by atoms with Crippen LogP contribution in [0.25, 0.3) is 0 Å². The molecule has 0 aliphatic carbocycles. The Morgan fingerprint density at radius 3 is 2.89 bits per heavy atom. The summed E-state index contributed by atoms with van der Waals surface area (Å²) in [5, 5.41) is 6.89. The van der Waals surface area contributed by atoms with Crippen molar-refractivity contribution in [3.63, 3.8) is 0 Å². The minimum Gasteiger partial charge on any atom is -0.496 e. The van der Waals surface area contributed by atoms with Crippen molar-refractivity contribution in [2.45, 2.75) is 6.54 Å². The van der Waals surface area contributed by atoms with Gasteiger partial charge < -0.3 is 10.1 Å². The Bertz CT molecular complexity index is 595. The smallest absolute Gasteiger partial charge is 0.255 e. The van der Waals surface area contributed by atoms with E-state index in [4.69, 9.17) is 4.74 Å². The summed E-state index contributed by atoms with van der Waals surface area (Å²) in [6.07, 6.45) is 1.70. The van der Waals surface area contributed by atoms with Gasteiger partial charge in [-0.2, -0.15) is 5.10 Å². The molecule has 100 valence electrons. The van der Waals surface area contributed by atoms with Crippen LogP contribution in [0.2, 0.25) is 0 Å². The molecule has 6 heteroatoms. The Balaban J connectivity index is 2.10. The molecule has 0 saturated carbocycles. The Morgan fingerprint density at radius 1 is 1.47 bits per heavy atom. The second kappa shape index (κ2) is 5.88. The van der Waals surface area contributed by atoms with Crippen LogP contribution in [0.15, 0.2) is 34.9 Å². The molecule has 0 saturated heterocycles. The third-order valence-electron chi connectivity index (χ3n) is 2.76. The number of aromatic nitrogens is 2. The molecule has 0 radical (unpaired) electrons. The number of hydrogen-bond acceptors (Lipinski definition) is 3. The molecule has 1 aromatic carbocycles. The van der Waals surface area contributed by atoms with E-state index >= 15 is 0 Å². The van der Waals surface area contributed by atoms with Crippen LogP contribution in [0.4, 0.5) is 0 Å². The number of ether oxygens (including phenoxy) is 1. The number of rotatable bonds is 4. The van der Waals surface area contributed by atoms with Gasteiger partial charge in [-0.05, 0) is 24.3 Å². The van der Waals surface area contributed by atoms with E-state index in [1.54, 1.807) is 30.1 Å². The van der Waals surface area contributed by atoms with E-state index in [-0.39, 0.29) is 5.91 Å². The lowest BCUT2D eigenvalue weighted by Crippen LogP contribution is -2.24. The van der Waals surface area contributed by atoms with Gasteiger partial charge in [-0.1, -0.05) is 15.9 Å². The molecule has 1 N–H and O–H groups in total. The molecule has 1 amide bonds. The summed E-state index contributed by atoms with van der Waals surface area (Å²) in [6.45, 7) is 0.425. The van der Waals surface area contributed by atoms with Crippen molar-refractivity contribution in [3.8, 4) is 5.75 Å². The zero-order valence-corrected chi connectivity index (χ0v) is 12.3. The maximum atomic E-state index is 12.1. The number of amides is 1. The van der Waals surface area contributed by atoms with Gasteiger partial charge >= 0.3 is 0 Å². The molecule has 0 fully saturated rings. The number of carbonyl (C=O) groups is 1. The van der Waals surface area contributed by atoms with Crippen molar-refractivity contribution < 1.29 is 9.53 Å². The first-order chi connectivity index (χ1) is 9.11. The predicted octanol–water partition coefficient (Wildman–Crippen LogP) is 2.12. The molecule has 0 atom stereocenters. The average molecular weight is 324 g/mol. The van der Waals surface area contributed by atoms with E-state index < -0.39 is 0 Å². The second-order valence-electron chi connectivity index (χ2n) is 3.97. The van der Waals surface area contributed by atoms with E-state index in [1.165, 1.54) is 0 Å². The number of aryl methyl sites for hydroxylation is 1. The Morgan fingerprint density at radius 2 is 2.26 bits per heavy atom. The van der Waals surface area contributed by atoms with Crippen LogP contribution in [0.5, 0.6) is 5.75 Å². The highest BCUT2D eigenvalue weighted by Crippen LogP contribution is 2.23. The monoisotopic (exact) mass is 323 g/mol. The number of nitrogens with one attached hydrogen (secondary N) is 1. The minimum atomic E-state index is -0.175. The maximum absolute atomic E-state index is 12.1. The summed E-state index contributed by atoms with van der Waals surface area (Å²) >= 11 is 3.34. The van der Waals surface area contributed by atoms with E-state index in [1.807, 2.05) is 19.2 Å². The number of hydrogen-bond donors (Lipinski definition) is 1. The second-order valence-corrected chi connectivity index (χ2v) is 4.89. The number of halogens is 1. The lowest BCUT2D eigenvalue weighted by atomic mass is 10.2. The van der Waals surface area contributed by atoms with Gasteiger partial charge in [0, 0.05) is 17.7 Å². The first-order valence-corrected chi connectivity index (χ1v) is 6.49. The largest absolute Gasteiger partial charge is 0.496 e. The van der Waals surface area contributed by atoms with Gasteiger partial charge in [0.2, 0.25) is 0 Å². The summed E-state index contributed by atoms with van der Waals surface area (Å²) < 4.78 is 7.79. The first kappa shape index (κ1) is 13.6. The van der Waals surface area contributed by atoms with Gasteiger partial charge in [0.05, 0.1) is 24.9 Å². The molecular formula is C13H14BrN3O2. The van der Waals surface area contributed by atoms with Crippen molar-refractivity contribution in [1.29, 1.82) is 0 Å². The fraction of sp³-hybridized carbons (Fsp3) is 0.231. The molecule has 0 unspecified atom stereocenters. The third kappa shape index (κ3) is 3.14. The number of methoxy groups -OCH3 is 1. The average Bonchev–Trinajstić information content (AvgIpc) is 2.81. The summed E-state index contributed by atoms with van der Waals surface area (Å²) in [5.74, 6) is 0.363. The first-order valence-electron chi connectivity index (χ1n) is 5.70. The van der Waals surface area contributed by atoms with Crippen LogP contribution < -0.4 is 10.1 Å². The fourth-order valence-electron chi connectivity index (χ4n) is 1.69. The van der Waals surface area contributed by atoms with Gasteiger partial charge in [0.15, 0.2) is 0 Å². The van der Waals surface area contributed by atoms with E-state index in [9.17, 15) is 4.79 Å². The van der Waals surface area contributed by atoms with Crippen LogP contribution in [0.1, 0.15) is 16.1 Å². The minimum absolute atomic E-state index is 0.175. The van der Waals surface area contributed by atoms with Gasteiger partial charge in [-0.15, -0.1) is 0 Å². The van der Waals surface area contributed by atoms with Crippen LogP contribution in [0.3, 0.4) is 0 Å². The number of carbonyl (C=O) groups excluding carboxylic acids is 1. The highest BCUT2D eigenvalue weighted by molar-refractivity contribution is 9.10. The Hall–Kier alpha value is -1.82. The maximum Gasteiger partial charge on any atom is 0.255 e. The SMILES string of the molecule is COc1cc(Br)ccc1C(=O)NCc1ccnn1C. The van der Waals surface area contributed by atoms with E-state index in [0.717, 1.165) is 10.2 Å². The quantitative estimate of drug-likeness (QED) is 0.937. The fourth-order valence-corrected chi connectivity index (χ4v) is 2.03. The van der Waals surface area contributed by atoms with Crippen LogP contribution in [-0.4, -0.2) is 22.8 Å². The van der Waals surface area contributed by atoms with Crippen LogP contribution in [-0.2, 0) is 13.6 Å². The molecule has 19 heavy (non-hydrogen) atoms. The molecule has 0 aliphatic rings. The Labute approximate surface area is 119 Å². The number of nitrogens with zero attached hydrogens (tertiary/aromatic N) is 2. The zero-order valence-electron chi connectivity index (χ0n) is 10.7. The normalized spacial score (nSPS) is 10.3. The summed E-state index contributed by atoms with van der Waals surface area (Å²) in [7, 11) is 3.38. The van der Waals surface area contributed by atoms with E-state index in [2.05, 4.69) is 26.3 Å². The molecule has 1 heterocycles. The molecule has 0 bridgehead atoms. The third-order valence-corrected chi connectivity index (χ3v) is 3.25. The standard InChI is InChI=1S/C13H14BrN3O2/c1-17-10(5-6-16-17)8-15-13(18)11-4-3-9(14)7-12(11)19-2/h3-7H,8H2,1-2H3,(H,15,18). The van der Waals surface area contributed by atoms with Crippen molar-refractivity contribution in [2.24, 2.45) is 7.05 Å². The summed E-state index contributed by atoms with van der Waals surface area (Å²) in [4.78, 5) is 12.1. The van der Waals surface area contributed by atoms with Crippen molar-refractivity contribution >= 4 is 21.8 Å². The van der Waals surface area contributed by atoms with E-state index in [0.29, 0.717) is 17.9 Å². The topological polar surface area (TPSA) is 56.1 Å².